The van der Waals surface area contributed by atoms with Crippen molar-refractivity contribution in [3.05, 3.63) is 65.7 Å². The second-order valence-corrected chi connectivity index (χ2v) is 6.82. The number of nitrogens with zero attached hydrogens (tertiary/aromatic N) is 3. The van der Waals surface area contributed by atoms with Crippen LogP contribution in [-0.2, 0) is 18.0 Å². The lowest BCUT2D eigenvalue weighted by Gasteiger charge is -2.24. The quantitative estimate of drug-likeness (QED) is 0.697. The van der Waals surface area contributed by atoms with Gasteiger partial charge in [0.05, 0.1) is 35.3 Å². The monoisotopic (exact) mass is 385 g/mol. The average Bonchev–Trinajstić information content (AvgIpc) is 3.21. The van der Waals surface area contributed by atoms with Crippen molar-refractivity contribution < 1.29 is 24.2 Å². The first-order valence-electron chi connectivity index (χ1n) is 9.02. The smallest absolute Gasteiger partial charge is 0.357 e. The maximum absolute atomic E-state index is 13.5. The Morgan fingerprint density at radius 1 is 1.25 bits per heavy atom. The van der Waals surface area contributed by atoms with Gasteiger partial charge in [-0.3, -0.25) is 0 Å². The molecule has 146 valence electrons. The summed E-state index contributed by atoms with van der Waals surface area (Å²) in [4.78, 5) is 22.2. The van der Waals surface area contributed by atoms with E-state index >= 15 is 0 Å². The van der Waals surface area contributed by atoms with E-state index in [1.165, 1.54) is 17.2 Å². The van der Waals surface area contributed by atoms with Crippen LogP contribution in [0, 0.1) is 5.82 Å². The predicted octanol–water partition coefficient (Wildman–Crippen LogP) is 1.87. The largest absolute Gasteiger partial charge is 0.392 e. The molecule has 1 fully saturated rings. The van der Waals surface area contributed by atoms with Crippen LogP contribution in [0.2, 0.25) is 0 Å². The van der Waals surface area contributed by atoms with Crippen molar-refractivity contribution in [2.24, 2.45) is 0 Å². The Bertz CT molecular complexity index is 992. The zero-order valence-corrected chi connectivity index (χ0v) is 15.0. The lowest BCUT2D eigenvalue weighted by Crippen LogP contribution is -2.35. The number of carbonyl (C=O) groups excluding carboxylic acids is 1. The van der Waals surface area contributed by atoms with Gasteiger partial charge in [-0.2, -0.15) is 0 Å². The van der Waals surface area contributed by atoms with E-state index < -0.39 is 17.9 Å². The Hall–Kier alpha value is -2.81. The normalized spacial score (nSPS) is 20.0. The molecule has 2 heterocycles. The average molecular weight is 385 g/mol. The molecular weight excluding hydrogens is 365 g/mol. The van der Waals surface area contributed by atoms with Gasteiger partial charge >= 0.3 is 5.97 Å². The lowest BCUT2D eigenvalue weighted by molar-refractivity contribution is -0.125. The van der Waals surface area contributed by atoms with E-state index in [4.69, 9.17) is 4.84 Å². The second-order valence-electron chi connectivity index (χ2n) is 6.82. The summed E-state index contributed by atoms with van der Waals surface area (Å²) in [6.07, 6.45) is -0.244. The first kappa shape index (κ1) is 18.5. The van der Waals surface area contributed by atoms with Gasteiger partial charge in [0, 0.05) is 12.6 Å². The minimum absolute atomic E-state index is 0.193. The Morgan fingerprint density at radius 3 is 2.79 bits per heavy atom. The molecule has 28 heavy (non-hydrogen) atoms. The minimum atomic E-state index is -0.640. The summed E-state index contributed by atoms with van der Waals surface area (Å²) in [7, 11) is 0. The molecule has 2 aromatic carbocycles. The third kappa shape index (κ3) is 3.62. The zero-order chi connectivity index (χ0) is 19.7. The number of aliphatic hydroxyl groups is 2. The van der Waals surface area contributed by atoms with Crippen LogP contribution in [0.5, 0.6) is 0 Å². The Balaban J connectivity index is 1.58. The molecule has 2 N–H and O–H groups in total. The molecular formula is C20H20FN3O4. The van der Waals surface area contributed by atoms with Crippen LogP contribution in [0.1, 0.15) is 22.6 Å². The number of benzene rings is 2. The highest BCUT2D eigenvalue weighted by molar-refractivity contribution is 5.89. The Morgan fingerprint density at radius 2 is 2.04 bits per heavy atom. The van der Waals surface area contributed by atoms with Crippen molar-refractivity contribution in [2.75, 3.05) is 6.54 Å². The van der Waals surface area contributed by atoms with Crippen molar-refractivity contribution in [3.8, 4) is 0 Å². The molecule has 0 radical (unpaired) electrons. The van der Waals surface area contributed by atoms with E-state index in [2.05, 4.69) is 4.98 Å². The molecule has 1 saturated heterocycles. The molecule has 4 rings (SSSR count). The van der Waals surface area contributed by atoms with Gasteiger partial charge in [-0.25, -0.2) is 14.2 Å². The summed E-state index contributed by atoms with van der Waals surface area (Å²) in [6, 6.07) is 12.5. The highest BCUT2D eigenvalue weighted by Gasteiger charge is 2.35. The van der Waals surface area contributed by atoms with Crippen LogP contribution in [-0.4, -0.2) is 49.5 Å². The first-order chi connectivity index (χ1) is 13.5. The summed E-state index contributed by atoms with van der Waals surface area (Å²) in [6.45, 7) is 0.214. The maximum atomic E-state index is 13.5. The van der Waals surface area contributed by atoms with E-state index in [0.29, 0.717) is 35.4 Å². The summed E-state index contributed by atoms with van der Waals surface area (Å²) in [5.41, 5.74) is 1.53. The molecule has 1 aliphatic rings. The van der Waals surface area contributed by atoms with Gasteiger partial charge in [-0.05, 0) is 30.7 Å². The van der Waals surface area contributed by atoms with Crippen LogP contribution in [0.15, 0.2) is 48.5 Å². The number of hydrogen-bond acceptors (Lipinski definition) is 6. The Kier molecular flexibility index (Phi) is 5.08. The molecule has 1 aromatic heterocycles. The molecule has 2 atom stereocenters. The topological polar surface area (TPSA) is 87.8 Å². The molecule has 7 nitrogen and oxygen atoms in total. The molecule has 0 saturated carbocycles. The van der Waals surface area contributed by atoms with E-state index in [1.54, 1.807) is 34.9 Å². The zero-order valence-electron chi connectivity index (χ0n) is 15.0. The van der Waals surface area contributed by atoms with Gasteiger partial charge in [-0.1, -0.05) is 18.2 Å². The van der Waals surface area contributed by atoms with Gasteiger partial charge in [0.15, 0.2) is 0 Å². The number of aromatic nitrogens is 2. The summed E-state index contributed by atoms with van der Waals surface area (Å²) >= 11 is 0. The number of halogens is 1. The summed E-state index contributed by atoms with van der Waals surface area (Å²) in [5, 5.41) is 21.2. The van der Waals surface area contributed by atoms with Crippen LogP contribution in [0.25, 0.3) is 11.0 Å². The number of imidazole rings is 1. The van der Waals surface area contributed by atoms with Crippen LogP contribution < -0.4 is 0 Å². The van der Waals surface area contributed by atoms with Crippen LogP contribution in [0.4, 0.5) is 4.39 Å². The fourth-order valence-corrected chi connectivity index (χ4v) is 3.56. The fraction of sp³-hybridized carbons (Fsp3) is 0.300. The van der Waals surface area contributed by atoms with E-state index in [1.807, 2.05) is 6.07 Å². The van der Waals surface area contributed by atoms with Gasteiger partial charge < -0.3 is 19.6 Å². The molecule has 8 heteroatoms. The van der Waals surface area contributed by atoms with Crippen molar-refractivity contribution in [3.63, 3.8) is 0 Å². The Labute approximate surface area is 160 Å². The second kappa shape index (κ2) is 7.67. The number of hydrogen-bond donors (Lipinski definition) is 2. The SMILES string of the molecule is O=C(ON1CC(O)C[C@H]1Cn1c(CO)nc2cc(F)ccc21)c1ccccc1. The molecule has 0 amide bonds. The lowest BCUT2D eigenvalue weighted by atomic mass is 10.2. The molecule has 3 aromatic rings. The van der Waals surface area contributed by atoms with Crippen molar-refractivity contribution in [2.45, 2.75) is 31.7 Å². The maximum Gasteiger partial charge on any atom is 0.357 e. The van der Waals surface area contributed by atoms with Crippen molar-refractivity contribution in [1.29, 1.82) is 0 Å². The van der Waals surface area contributed by atoms with E-state index in [9.17, 15) is 19.4 Å². The highest BCUT2D eigenvalue weighted by Crippen LogP contribution is 2.25. The standard InChI is InChI=1S/C20H20FN3O4/c21-14-6-7-18-17(8-14)22-19(12-25)23(18)10-15-9-16(26)11-24(15)28-20(27)13-4-2-1-3-5-13/h1-8,15-16,25-26H,9-12H2/t15-,16?/m0/s1. The van der Waals surface area contributed by atoms with Gasteiger partial charge in [0.2, 0.25) is 0 Å². The number of fused-ring (bicyclic) bond motifs is 1. The minimum Gasteiger partial charge on any atom is -0.392 e. The van der Waals surface area contributed by atoms with E-state index in [0.717, 1.165) is 0 Å². The van der Waals surface area contributed by atoms with Crippen LogP contribution >= 0.6 is 0 Å². The molecule has 0 spiro atoms. The number of rotatable bonds is 5. The summed E-state index contributed by atoms with van der Waals surface area (Å²) in [5.74, 6) is -0.521. The predicted molar refractivity (Wildman–Crippen MR) is 98.6 cm³/mol. The van der Waals surface area contributed by atoms with Crippen molar-refractivity contribution in [1.82, 2.24) is 14.6 Å². The highest BCUT2D eigenvalue weighted by atomic mass is 19.1. The third-order valence-electron chi connectivity index (χ3n) is 4.88. The van der Waals surface area contributed by atoms with Gasteiger partial charge in [0.25, 0.3) is 0 Å². The van der Waals surface area contributed by atoms with Gasteiger partial charge in [-0.15, -0.1) is 5.06 Å². The van der Waals surface area contributed by atoms with Crippen molar-refractivity contribution >= 4 is 17.0 Å². The van der Waals surface area contributed by atoms with E-state index in [-0.39, 0.29) is 19.2 Å². The molecule has 1 unspecified atom stereocenters. The van der Waals surface area contributed by atoms with Gasteiger partial charge in [0.1, 0.15) is 18.2 Å². The summed E-state index contributed by atoms with van der Waals surface area (Å²) < 4.78 is 15.3. The molecule has 0 bridgehead atoms. The number of β-amino-alcohol motifs (C(OH)–C–C–N with tert-alkyl or cyclic N) is 1. The number of hydroxylamine groups is 2. The molecule has 0 aliphatic carbocycles. The fourth-order valence-electron chi connectivity index (χ4n) is 3.56. The third-order valence-corrected chi connectivity index (χ3v) is 4.88. The van der Waals surface area contributed by atoms with Crippen LogP contribution in [0.3, 0.4) is 0 Å². The first-order valence-corrected chi connectivity index (χ1v) is 9.02. The number of carbonyl (C=O) groups is 1. The number of aliphatic hydroxyl groups excluding tert-OH is 2. The molecule has 1 aliphatic heterocycles.